The Bertz CT molecular complexity index is 445. The first-order valence-electron chi connectivity index (χ1n) is 7.04. The number of hydrogen-bond donors (Lipinski definition) is 2. The van der Waals surface area contributed by atoms with Gasteiger partial charge in [0.2, 0.25) is 5.91 Å². The van der Waals surface area contributed by atoms with Gasteiger partial charge in [0.05, 0.1) is 12.1 Å². The van der Waals surface area contributed by atoms with Gasteiger partial charge in [-0.05, 0) is 12.0 Å². The molecule has 4 heteroatoms. The summed E-state index contributed by atoms with van der Waals surface area (Å²) in [7, 11) is 1.68. The number of allylic oxidation sites excluding steroid dienone is 1. The molecule has 2 N–H and O–H groups in total. The number of rotatable bonds is 6. The van der Waals surface area contributed by atoms with Crippen LogP contribution in [0.3, 0.4) is 0 Å². The highest BCUT2D eigenvalue weighted by atomic mass is 16.5. The predicted molar refractivity (Wildman–Crippen MR) is 80.3 cm³/mol. The minimum Gasteiger partial charge on any atom is -0.378 e. The number of ether oxygens (including phenoxy) is 1. The van der Waals surface area contributed by atoms with Crippen LogP contribution in [0.4, 0.5) is 0 Å². The van der Waals surface area contributed by atoms with Crippen LogP contribution in [0.5, 0.6) is 0 Å². The van der Waals surface area contributed by atoms with Crippen LogP contribution in [0.1, 0.15) is 18.4 Å². The Labute approximate surface area is 120 Å². The normalized spacial score (nSPS) is 22.2. The predicted octanol–water partition coefficient (Wildman–Crippen LogP) is 1.58. The van der Waals surface area contributed by atoms with Crippen LogP contribution in [0.15, 0.2) is 36.4 Å². The third-order valence-corrected chi connectivity index (χ3v) is 3.46. The van der Waals surface area contributed by atoms with Crippen molar-refractivity contribution in [2.75, 3.05) is 20.2 Å². The molecule has 0 saturated carbocycles. The fraction of sp³-hybridized carbons (Fsp3) is 0.438. The fourth-order valence-electron chi connectivity index (χ4n) is 2.32. The van der Waals surface area contributed by atoms with Gasteiger partial charge in [-0.15, -0.1) is 0 Å². The molecule has 1 fully saturated rings. The number of benzene rings is 1. The Kier molecular flexibility index (Phi) is 5.77. The molecule has 0 spiro atoms. The summed E-state index contributed by atoms with van der Waals surface area (Å²) in [6.07, 6.45) is 5.42. The highest BCUT2D eigenvalue weighted by Crippen LogP contribution is 2.06. The van der Waals surface area contributed by atoms with Crippen molar-refractivity contribution in [2.45, 2.75) is 25.0 Å². The van der Waals surface area contributed by atoms with Crippen molar-refractivity contribution in [3.8, 4) is 0 Å². The standard InChI is InChI=1S/C16H22N2O2/c1-20-15-12-17-11-14(15)18-16(19)10-6-5-9-13-7-3-2-4-8-13/h2-5,7-9,14-15,17H,6,10-12H2,1H3,(H,18,19)/b9-5+/t14-,15-/m0/s1. The maximum absolute atomic E-state index is 11.8. The topological polar surface area (TPSA) is 50.4 Å². The molecule has 0 aromatic heterocycles. The van der Waals surface area contributed by atoms with Crippen molar-refractivity contribution in [1.82, 2.24) is 10.6 Å². The van der Waals surface area contributed by atoms with Gasteiger partial charge in [0, 0.05) is 26.6 Å². The fourth-order valence-corrected chi connectivity index (χ4v) is 2.32. The molecule has 1 aromatic carbocycles. The van der Waals surface area contributed by atoms with Gasteiger partial charge in [0.1, 0.15) is 0 Å². The minimum atomic E-state index is 0.0819. The van der Waals surface area contributed by atoms with Gasteiger partial charge >= 0.3 is 0 Å². The molecule has 2 rings (SSSR count). The molecule has 1 saturated heterocycles. The summed E-state index contributed by atoms with van der Waals surface area (Å²) in [6, 6.07) is 10.2. The Hall–Kier alpha value is -1.65. The van der Waals surface area contributed by atoms with E-state index in [2.05, 4.69) is 10.6 Å². The second-order valence-corrected chi connectivity index (χ2v) is 4.96. The van der Waals surface area contributed by atoms with Crippen LogP contribution in [0.25, 0.3) is 6.08 Å². The third-order valence-electron chi connectivity index (χ3n) is 3.46. The van der Waals surface area contributed by atoms with Crippen LogP contribution >= 0.6 is 0 Å². The highest BCUT2D eigenvalue weighted by Gasteiger charge is 2.27. The number of carbonyl (C=O) groups excluding carboxylic acids is 1. The summed E-state index contributed by atoms with van der Waals surface area (Å²) in [5, 5.41) is 6.23. The van der Waals surface area contributed by atoms with E-state index in [1.807, 2.05) is 42.5 Å². The lowest BCUT2D eigenvalue weighted by atomic mass is 10.1. The zero-order chi connectivity index (χ0) is 14.2. The summed E-state index contributed by atoms with van der Waals surface area (Å²) < 4.78 is 5.32. The monoisotopic (exact) mass is 274 g/mol. The number of hydrogen-bond acceptors (Lipinski definition) is 3. The molecule has 108 valence electrons. The molecule has 1 aliphatic heterocycles. The number of methoxy groups -OCH3 is 1. The van der Waals surface area contributed by atoms with Crippen molar-refractivity contribution in [3.05, 3.63) is 42.0 Å². The first kappa shape index (κ1) is 14.8. The van der Waals surface area contributed by atoms with E-state index >= 15 is 0 Å². The van der Waals surface area contributed by atoms with Crippen LogP contribution < -0.4 is 10.6 Å². The lowest BCUT2D eigenvalue weighted by Gasteiger charge is -2.18. The Balaban J connectivity index is 1.69. The molecule has 2 atom stereocenters. The van der Waals surface area contributed by atoms with Crippen LogP contribution in [0, 0.1) is 0 Å². The molecule has 0 bridgehead atoms. The highest BCUT2D eigenvalue weighted by molar-refractivity contribution is 5.76. The van der Waals surface area contributed by atoms with Gasteiger partial charge in [0.15, 0.2) is 0 Å². The maximum Gasteiger partial charge on any atom is 0.220 e. The zero-order valence-electron chi connectivity index (χ0n) is 11.8. The average Bonchev–Trinajstić information content (AvgIpc) is 2.92. The first-order valence-corrected chi connectivity index (χ1v) is 7.04. The zero-order valence-corrected chi connectivity index (χ0v) is 11.8. The van der Waals surface area contributed by atoms with E-state index in [9.17, 15) is 4.79 Å². The van der Waals surface area contributed by atoms with E-state index in [4.69, 9.17) is 4.74 Å². The van der Waals surface area contributed by atoms with Crippen molar-refractivity contribution < 1.29 is 9.53 Å². The molecule has 1 amide bonds. The average molecular weight is 274 g/mol. The Morgan fingerprint density at radius 3 is 2.95 bits per heavy atom. The van der Waals surface area contributed by atoms with Crippen LogP contribution in [0.2, 0.25) is 0 Å². The molecule has 1 aliphatic rings. The van der Waals surface area contributed by atoms with E-state index in [-0.39, 0.29) is 18.1 Å². The van der Waals surface area contributed by atoms with E-state index < -0.39 is 0 Å². The van der Waals surface area contributed by atoms with E-state index in [0.717, 1.165) is 25.1 Å². The molecule has 20 heavy (non-hydrogen) atoms. The minimum absolute atomic E-state index is 0.0819. The van der Waals surface area contributed by atoms with Gasteiger partial charge in [-0.2, -0.15) is 0 Å². The summed E-state index contributed by atoms with van der Waals surface area (Å²) >= 11 is 0. The molecular formula is C16H22N2O2. The third kappa shape index (κ3) is 4.47. The summed E-state index contributed by atoms with van der Waals surface area (Å²) in [5.41, 5.74) is 1.16. The molecule has 0 radical (unpaired) electrons. The molecule has 1 heterocycles. The van der Waals surface area contributed by atoms with E-state index in [1.54, 1.807) is 7.11 Å². The quantitative estimate of drug-likeness (QED) is 0.828. The number of amides is 1. The van der Waals surface area contributed by atoms with Gasteiger partial charge < -0.3 is 15.4 Å². The summed E-state index contributed by atoms with van der Waals surface area (Å²) in [6.45, 7) is 1.58. The van der Waals surface area contributed by atoms with E-state index in [0.29, 0.717) is 6.42 Å². The smallest absolute Gasteiger partial charge is 0.220 e. The lowest BCUT2D eigenvalue weighted by Crippen LogP contribution is -2.43. The SMILES string of the molecule is CO[C@H]1CNC[C@@H]1NC(=O)CC/C=C/c1ccccc1. The summed E-state index contributed by atoms with van der Waals surface area (Å²) in [5.74, 6) is 0.0819. The van der Waals surface area contributed by atoms with Crippen LogP contribution in [-0.4, -0.2) is 38.3 Å². The van der Waals surface area contributed by atoms with Gasteiger partial charge in [0.25, 0.3) is 0 Å². The van der Waals surface area contributed by atoms with Crippen molar-refractivity contribution >= 4 is 12.0 Å². The molecular weight excluding hydrogens is 252 g/mol. The summed E-state index contributed by atoms with van der Waals surface area (Å²) in [4.78, 5) is 11.8. The second kappa shape index (κ2) is 7.82. The Morgan fingerprint density at radius 1 is 1.40 bits per heavy atom. The number of carbonyl (C=O) groups is 1. The number of nitrogens with one attached hydrogen (secondary N) is 2. The molecule has 1 aromatic rings. The van der Waals surface area contributed by atoms with Gasteiger partial charge in [-0.25, -0.2) is 0 Å². The molecule has 0 unspecified atom stereocenters. The van der Waals surface area contributed by atoms with Crippen LogP contribution in [-0.2, 0) is 9.53 Å². The van der Waals surface area contributed by atoms with Gasteiger partial charge in [-0.3, -0.25) is 4.79 Å². The van der Waals surface area contributed by atoms with Crippen molar-refractivity contribution in [3.63, 3.8) is 0 Å². The Morgan fingerprint density at radius 2 is 2.20 bits per heavy atom. The largest absolute Gasteiger partial charge is 0.378 e. The maximum atomic E-state index is 11.8. The second-order valence-electron chi connectivity index (χ2n) is 4.96. The van der Waals surface area contributed by atoms with Crippen molar-refractivity contribution in [2.24, 2.45) is 0 Å². The van der Waals surface area contributed by atoms with E-state index in [1.165, 1.54) is 0 Å². The van der Waals surface area contributed by atoms with Crippen molar-refractivity contribution in [1.29, 1.82) is 0 Å². The lowest BCUT2D eigenvalue weighted by molar-refractivity contribution is -0.122. The molecule has 4 nitrogen and oxygen atoms in total. The first-order chi connectivity index (χ1) is 9.79. The van der Waals surface area contributed by atoms with Gasteiger partial charge in [-0.1, -0.05) is 42.5 Å². The molecule has 0 aliphatic carbocycles.